The summed E-state index contributed by atoms with van der Waals surface area (Å²) in [5.74, 6) is -0.404. The zero-order valence-electron chi connectivity index (χ0n) is 33.5. The second-order valence-electron chi connectivity index (χ2n) is 17.5. The van der Waals surface area contributed by atoms with Crippen molar-refractivity contribution in [2.75, 3.05) is 47.7 Å². The van der Waals surface area contributed by atoms with Crippen LogP contribution in [-0.2, 0) is 23.7 Å². The molecule has 0 saturated heterocycles. The van der Waals surface area contributed by atoms with E-state index in [4.69, 9.17) is 32.5 Å². The Bertz CT molecular complexity index is 2710. The van der Waals surface area contributed by atoms with Gasteiger partial charge in [-0.15, -0.1) is 23.2 Å². The van der Waals surface area contributed by atoms with Crippen LogP contribution in [0.15, 0.2) is 72.8 Å². The summed E-state index contributed by atoms with van der Waals surface area (Å²) in [6.07, 6.45) is 6.32. The van der Waals surface area contributed by atoms with Gasteiger partial charge < -0.3 is 24.4 Å². The van der Waals surface area contributed by atoms with Gasteiger partial charge in [-0.1, -0.05) is 61.4 Å². The van der Waals surface area contributed by atoms with Gasteiger partial charge in [0.15, 0.2) is 0 Å². The third-order valence-electron chi connectivity index (χ3n) is 14.2. The molecule has 0 radical (unpaired) electrons. The van der Waals surface area contributed by atoms with Crippen LogP contribution in [0.3, 0.4) is 0 Å². The number of carbonyl (C=O) groups excluding carboxylic acids is 5. The Balaban J connectivity index is 0.849. The second kappa shape index (κ2) is 14.8. The van der Waals surface area contributed by atoms with Crippen molar-refractivity contribution < 1.29 is 47.6 Å². The average molecular weight is 902 g/mol. The highest BCUT2D eigenvalue weighted by Crippen LogP contribution is 3.01. The molecule has 5 atom stereocenters. The summed E-state index contributed by atoms with van der Waals surface area (Å²) in [5, 5.41) is 5.58. The number of phosphoric ester groups is 1. The van der Waals surface area contributed by atoms with Gasteiger partial charge in [0.25, 0.3) is 11.8 Å². The maximum Gasteiger partial charge on any atom is 0.524 e. The van der Waals surface area contributed by atoms with Crippen molar-refractivity contribution in [3.05, 3.63) is 83.9 Å². The van der Waals surface area contributed by atoms with Crippen LogP contribution in [0.2, 0.25) is 0 Å². The van der Waals surface area contributed by atoms with Crippen LogP contribution >= 0.6 is 31.0 Å². The van der Waals surface area contributed by atoms with Crippen molar-refractivity contribution in [1.29, 1.82) is 0 Å². The number of nitrogens with one attached hydrogen (secondary N) is 1. The molecule has 4 aromatic rings. The third kappa shape index (κ3) is 6.19. The Morgan fingerprint density at radius 2 is 1.23 bits per heavy atom. The van der Waals surface area contributed by atoms with Gasteiger partial charge in [-0.05, 0) is 54.0 Å². The van der Waals surface area contributed by atoms with E-state index in [2.05, 4.69) is 5.32 Å². The Morgan fingerprint density at radius 1 is 0.726 bits per heavy atom. The number of imide groups is 1. The van der Waals surface area contributed by atoms with Crippen LogP contribution in [0.1, 0.15) is 67.9 Å². The normalized spacial score (nSPS) is 26.3. The minimum Gasteiger partial charge on any atom is -0.410 e. The molecule has 3 unspecified atom stereocenters. The molecule has 6 aliphatic rings. The lowest BCUT2D eigenvalue weighted by atomic mass is 9.72. The van der Waals surface area contributed by atoms with Crippen molar-refractivity contribution in [2.45, 2.75) is 56.8 Å². The van der Waals surface area contributed by atoms with Crippen LogP contribution in [0.25, 0.3) is 21.5 Å². The van der Waals surface area contributed by atoms with E-state index in [9.17, 15) is 38.3 Å². The molecular weight excluding hydrogens is 858 g/mol. The molecule has 17 heteroatoms. The number of halogens is 2. The van der Waals surface area contributed by atoms with Gasteiger partial charge in [-0.25, -0.2) is 9.36 Å². The smallest absolute Gasteiger partial charge is 0.410 e. The Kier molecular flexibility index (Phi) is 9.80. The zero-order chi connectivity index (χ0) is 43.3. The number of anilines is 2. The van der Waals surface area contributed by atoms with Crippen LogP contribution < -0.4 is 24.4 Å². The highest BCUT2D eigenvalue weighted by atomic mass is 35.5. The standard InChI is InChI=1S/C45H43Cl2N4O10P/c46-19-26-21-50(32-17-34(28-9-3-5-11-30(28)38(26)32)60-42(56)48-15-7-1-2-8-16-49-36(52)13-14-37(49)53)40(54)43-23-44(25-45(43,44)24-43)41(55)51-22-27(20-47)39-31-12-6-4-10-29(31)35(18-33(39)51)61-62(57,58)59/h3-6,9-14,17-18,26-27H,1-2,7-8,15-16,19-25H2,(H,48,56)(H2,57,58,59)/t26-,27-,43?,44?,45?/m1/s1. The van der Waals surface area contributed by atoms with E-state index in [1.165, 1.54) is 23.1 Å². The summed E-state index contributed by atoms with van der Waals surface area (Å²) in [5.41, 5.74) is 0.912. The summed E-state index contributed by atoms with van der Waals surface area (Å²) in [6.45, 7) is 1.37. The van der Waals surface area contributed by atoms with Gasteiger partial charge in [0.05, 0.1) is 22.2 Å². The molecule has 322 valence electrons. The summed E-state index contributed by atoms with van der Waals surface area (Å²) in [6, 6.07) is 18.0. The predicted molar refractivity (Wildman–Crippen MR) is 232 cm³/mol. The molecule has 5 amide bonds. The molecule has 62 heavy (non-hydrogen) atoms. The number of carbonyl (C=O) groups is 5. The van der Waals surface area contributed by atoms with Gasteiger partial charge in [-0.2, -0.15) is 0 Å². The lowest BCUT2D eigenvalue weighted by Gasteiger charge is -2.37. The molecule has 14 nitrogen and oxygen atoms in total. The molecule has 3 saturated carbocycles. The minimum atomic E-state index is -4.93. The van der Waals surface area contributed by atoms with Gasteiger partial charge in [-0.3, -0.25) is 33.9 Å². The number of benzene rings is 4. The second-order valence-corrected chi connectivity index (χ2v) is 19.3. The van der Waals surface area contributed by atoms with E-state index in [1.54, 1.807) is 28.0 Å². The first-order chi connectivity index (χ1) is 29.8. The first kappa shape index (κ1) is 41.1. The fourth-order valence-corrected chi connectivity index (χ4v) is 12.3. The van der Waals surface area contributed by atoms with E-state index in [-0.39, 0.29) is 53.0 Å². The molecule has 0 bridgehead atoms. The number of amides is 5. The van der Waals surface area contributed by atoms with Crippen LogP contribution in [0, 0.1) is 16.2 Å². The summed E-state index contributed by atoms with van der Waals surface area (Å²) in [4.78, 5) is 90.4. The largest absolute Gasteiger partial charge is 0.524 e. The number of hydrogen-bond donors (Lipinski definition) is 3. The van der Waals surface area contributed by atoms with Gasteiger partial charge in [0, 0.05) is 90.2 Å². The van der Waals surface area contributed by atoms with Crippen molar-refractivity contribution in [3.63, 3.8) is 0 Å². The molecule has 3 aliphatic heterocycles. The SMILES string of the molecule is O=C(NCCCCCCN1C(=O)C=CC1=O)Oc1cc2c(c3ccccc13)[C@H](CCl)CN2C(=O)C12CC3(C(=O)N4C[C@@H](CCl)c5c4cc(OP(=O)(O)O)c4ccccc54)CC13C2. The zero-order valence-corrected chi connectivity index (χ0v) is 35.9. The molecule has 3 N–H and O–H groups in total. The molecule has 3 fully saturated rings. The minimum absolute atomic E-state index is 0.0269. The fourth-order valence-electron chi connectivity index (χ4n) is 11.4. The van der Waals surface area contributed by atoms with Gasteiger partial charge in [0.2, 0.25) is 11.8 Å². The molecule has 0 aromatic heterocycles. The number of ether oxygens (including phenoxy) is 1. The quantitative estimate of drug-likeness (QED) is 0.0505. The average Bonchev–Trinajstić information content (AvgIpc) is 3.63. The number of phosphoric acid groups is 1. The van der Waals surface area contributed by atoms with Crippen molar-refractivity contribution in [2.24, 2.45) is 16.2 Å². The number of fused-ring (bicyclic) bond motifs is 6. The lowest BCUT2D eigenvalue weighted by Crippen LogP contribution is -2.49. The summed E-state index contributed by atoms with van der Waals surface area (Å²) < 4.78 is 23.1. The van der Waals surface area contributed by atoms with Crippen LogP contribution in [-0.4, -0.2) is 82.3 Å². The first-order valence-electron chi connectivity index (χ1n) is 20.9. The van der Waals surface area contributed by atoms with E-state index in [1.807, 2.05) is 36.4 Å². The first-order valence-corrected chi connectivity index (χ1v) is 23.5. The Labute approximate surface area is 366 Å². The number of nitrogens with zero attached hydrogens (tertiary/aromatic N) is 3. The van der Waals surface area contributed by atoms with E-state index in [0.29, 0.717) is 91.6 Å². The maximum absolute atomic E-state index is 14.9. The van der Waals surface area contributed by atoms with E-state index < -0.39 is 30.2 Å². The fraction of sp³-hybridized carbons (Fsp3) is 0.400. The number of unbranched alkanes of at least 4 members (excludes halogenated alkanes) is 3. The topological polar surface area (TPSA) is 183 Å². The Hall–Kier alpha value is -4.98. The summed E-state index contributed by atoms with van der Waals surface area (Å²) >= 11 is 13.1. The number of rotatable bonds is 14. The van der Waals surface area contributed by atoms with E-state index in [0.717, 1.165) is 29.4 Å². The molecule has 3 heterocycles. The third-order valence-corrected chi connectivity index (χ3v) is 15.4. The van der Waals surface area contributed by atoms with Crippen molar-refractivity contribution in [3.8, 4) is 11.5 Å². The van der Waals surface area contributed by atoms with Crippen LogP contribution in [0.4, 0.5) is 16.2 Å². The van der Waals surface area contributed by atoms with E-state index >= 15 is 0 Å². The molecule has 3 aliphatic carbocycles. The monoisotopic (exact) mass is 900 g/mol. The molecule has 4 aromatic carbocycles. The highest BCUT2D eigenvalue weighted by Gasteiger charge is 3.01. The summed E-state index contributed by atoms with van der Waals surface area (Å²) in [7, 11) is -4.93. The molecule has 1 spiro atoms. The molecular formula is C45H43Cl2N4O10P. The van der Waals surface area contributed by atoms with Crippen molar-refractivity contribution >= 4 is 93.7 Å². The van der Waals surface area contributed by atoms with Crippen LogP contribution in [0.5, 0.6) is 11.5 Å². The van der Waals surface area contributed by atoms with Crippen molar-refractivity contribution in [1.82, 2.24) is 10.2 Å². The molecule has 10 rings (SSSR count). The number of hydrogen-bond acceptors (Lipinski definition) is 8. The predicted octanol–water partition coefficient (Wildman–Crippen LogP) is 7.25. The number of alkyl halides is 2. The highest BCUT2D eigenvalue weighted by molar-refractivity contribution is 7.46. The lowest BCUT2D eigenvalue weighted by molar-refractivity contribution is -0.137. The van der Waals surface area contributed by atoms with Gasteiger partial charge >= 0.3 is 13.9 Å². The van der Waals surface area contributed by atoms with Gasteiger partial charge in [0.1, 0.15) is 11.5 Å². The maximum atomic E-state index is 14.9. The Morgan fingerprint density at radius 3 is 1.74 bits per heavy atom.